The number of aliphatic carboxylic acids is 1. The van der Waals surface area contributed by atoms with Crippen LogP contribution in [0.2, 0.25) is 0 Å². The summed E-state index contributed by atoms with van der Waals surface area (Å²) in [7, 11) is 0. The molecule has 0 heterocycles. The van der Waals surface area contributed by atoms with Gasteiger partial charge in [-0.2, -0.15) is 0 Å². The zero-order chi connectivity index (χ0) is 11.3. The van der Waals surface area contributed by atoms with Crippen LogP contribution >= 0.6 is 0 Å². The Labute approximate surface area is 84.5 Å². The number of carboxylic acid groups (broad SMARTS) is 1. The van der Waals surface area contributed by atoms with Crippen molar-refractivity contribution in [2.45, 2.75) is 46.2 Å². The number of rotatable bonds is 6. The summed E-state index contributed by atoms with van der Waals surface area (Å²) in [5.74, 6) is -1.10. The summed E-state index contributed by atoms with van der Waals surface area (Å²) >= 11 is 0. The van der Waals surface area contributed by atoms with Crippen LogP contribution in [0.4, 0.5) is 0 Å². The lowest BCUT2D eigenvalue weighted by atomic mass is 10.3. The quantitative estimate of drug-likeness (QED) is 0.527. The highest BCUT2D eigenvalue weighted by molar-refractivity contribution is 5.86. The minimum absolute atomic E-state index is 0.0765. The van der Waals surface area contributed by atoms with Gasteiger partial charge in [0.1, 0.15) is 0 Å². The molecule has 0 aliphatic carbocycles. The van der Waals surface area contributed by atoms with Crippen LogP contribution in [0.3, 0.4) is 0 Å². The molecule has 0 rings (SSSR count). The fourth-order valence-corrected chi connectivity index (χ4v) is 0.792. The maximum atomic E-state index is 10.6. The van der Waals surface area contributed by atoms with E-state index >= 15 is 0 Å². The molecule has 4 heteroatoms. The Kier molecular flexibility index (Phi) is 5.42. The molecule has 14 heavy (non-hydrogen) atoms. The van der Waals surface area contributed by atoms with Crippen molar-refractivity contribution >= 4 is 5.97 Å². The SMILES string of the molecule is C=C(C(=O)O)C(OC(C)C)OC(C)C. The van der Waals surface area contributed by atoms with Crippen LogP contribution in [0.15, 0.2) is 12.2 Å². The van der Waals surface area contributed by atoms with Crippen molar-refractivity contribution in [3.63, 3.8) is 0 Å². The monoisotopic (exact) mass is 202 g/mol. The fourth-order valence-electron chi connectivity index (χ4n) is 0.792. The lowest BCUT2D eigenvalue weighted by molar-refractivity contribution is -0.168. The summed E-state index contributed by atoms with van der Waals surface area (Å²) in [6.07, 6.45) is -1.07. The van der Waals surface area contributed by atoms with Gasteiger partial charge in [-0.3, -0.25) is 0 Å². The molecule has 1 N–H and O–H groups in total. The van der Waals surface area contributed by atoms with E-state index in [9.17, 15) is 4.79 Å². The third-order valence-corrected chi connectivity index (χ3v) is 1.35. The van der Waals surface area contributed by atoms with Gasteiger partial charge < -0.3 is 14.6 Å². The summed E-state index contributed by atoms with van der Waals surface area (Å²) in [5, 5.41) is 8.72. The first-order valence-corrected chi connectivity index (χ1v) is 4.57. The van der Waals surface area contributed by atoms with E-state index in [1.54, 1.807) is 0 Å². The highest BCUT2D eigenvalue weighted by Crippen LogP contribution is 2.12. The van der Waals surface area contributed by atoms with Crippen molar-refractivity contribution < 1.29 is 19.4 Å². The predicted octanol–water partition coefficient (Wildman–Crippen LogP) is 1.80. The van der Waals surface area contributed by atoms with Gasteiger partial charge in [-0.1, -0.05) is 6.58 Å². The molecular weight excluding hydrogens is 184 g/mol. The van der Waals surface area contributed by atoms with Crippen LogP contribution in [0.5, 0.6) is 0 Å². The Morgan fingerprint density at radius 3 is 1.71 bits per heavy atom. The Hall–Kier alpha value is -0.870. The molecule has 0 aromatic carbocycles. The molecule has 0 amide bonds. The van der Waals surface area contributed by atoms with Gasteiger partial charge in [0, 0.05) is 0 Å². The minimum atomic E-state index is -1.10. The van der Waals surface area contributed by atoms with E-state index in [1.807, 2.05) is 27.7 Å². The molecule has 0 saturated carbocycles. The van der Waals surface area contributed by atoms with Crippen LogP contribution in [-0.2, 0) is 14.3 Å². The van der Waals surface area contributed by atoms with Gasteiger partial charge >= 0.3 is 5.97 Å². The van der Waals surface area contributed by atoms with E-state index in [-0.39, 0.29) is 17.8 Å². The number of ether oxygens (including phenoxy) is 2. The summed E-state index contributed by atoms with van der Waals surface area (Å²) in [6.45, 7) is 10.7. The molecule has 4 nitrogen and oxygen atoms in total. The second kappa shape index (κ2) is 5.78. The maximum absolute atomic E-state index is 10.6. The summed E-state index contributed by atoms with van der Waals surface area (Å²) in [4.78, 5) is 10.6. The summed E-state index contributed by atoms with van der Waals surface area (Å²) in [6, 6.07) is 0. The van der Waals surface area contributed by atoms with E-state index in [4.69, 9.17) is 14.6 Å². The molecule has 0 unspecified atom stereocenters. The van der Waals surface area contributed by atoms with Crippen LogP contribution in [0.1, 0.15) is 27.7 Å². The van der Waals surface area contributed by atoms with Gasteiger partial charge in [0.05, 0.1) is 17.8 Å². The normalized spacial score (nSPS) is 11.4. The first-order valence-electron chi connectivity index (χ1n) is 4.57. The molecule has 0 aliphatic rings. The number of carbonyl (C=O) groups is 1. The van der Waals surface area contributed by atoms with Crippen LogP contribution in [-0.4, -0.2) is 29.6 Å². The fraction of sp³-hybridized carbons (Fsp3) is 0.700. The lowest BCUT2D eigenvalue weighted by Crippen LogP contribution is -2.29. The Balaban J connectivity index is 4.38. The lowest BCUT2D eigenvalue weighted by Gasteiger charge is -2.22. The zero-order valence-electron chi connectivity index (χ0n) is 9.11. The molecular formula is C10H18O4. The minimum Gasteiger partial charge on any atom is -0.478 e. The van der Waals surface area contributed by atoms with E-state index in [0.717, 1.165) is 0 Å². The van der Waals surface area contributed by atoms with Crippen molar-refractivity contribution in [3.05, 3.63) is 12.2 Å². The van der Waals surface area contributed by atoms with Crippen molar-refractivity contribution in [1.29, 1.82) is 0 Å². The van der Waals surface area contributed by atoms with Crippen molar-refractivity contribution in [3.8, 4) is 0 Å². The number of hydrogen-bond donors (Lipinski definition) is 1. The standard InChI is InChI=1S/C10H18O4/c1-6(2)13-10(14-7(3)4)8(5)9(11)12/h6-7,10H,5H2,1-4H3,(H,11,12). The molecule has 82 valence electrons. The molecule has 0 saturated heterocycles. The Morgan fingerprint density at radius 2 is 1.50 bits per heavy atom. The summed E-state index contributed by atoms with van der Waals surface area (Å²) in [5.41, 5.74) is -0.0765. The smallest absolute Gasteiger partial charge is 0.336 e. The largest absolute Gasteiger partial charge is 0.478 e. The molecule has 0 aromatic rings. The van der Waals surface area contributed by atoms with Crippen LogP contribution in [0, 0.1) is 0 Å². The zero-order valence-corrected chi connectivity index (χ0v) is 9.11. The van der Waals surface area contributed by atoms with E-state index in [2.05, 4.69) is 6.58 Å². The summed E-state index contributed by atoms with van der Waals surface area (Å²) < 4.78 is 10.6. The average molecular weight is 202 g/mol. The highest BCUT2D eigenvalue weighted by atomic mass is 16.7. The van der Waals surface area contributed by atoms with E-state index < -0.39 is 12.3 Å². The second-order valence-corrected chi connectivity index (χ2v) is 3.53. The highest BCUT2D eigenvalue weighted by Gasteiger charge is 2.22. The third-order valence-electron chi connectivity index (χ3n) is 1.35. The predicted molar refractivity (Wildman–Crippen MR) is 53.0 cm³/mol. The number of carboxylic acids is 1. The second-order valence-electron chi connectivity index (χ2n) is 3.53. The molecule has 0 bridgehead atoms. The van der Waals surface area contributed by atoms with Gasteiger partial charge in [0.15, 0.2) is 6.29 Å². The van der Waals surface area contributed by atoms with Gasteiger partial charge in [0.25, 0.3) is 0 Å². The van der Waals surface area contributed by atoms with Crippen molar-refractivity contribution in [2.24, 2.45) is 0 Å². The van der Waals surface area contributed by atoms with Gasteiger partial charge in [-0.25, -0.2) is 4.79 Å². The van der Waals surface area contributed by atoms with E-state index in [1.165, 1.54) is 0 Å². The topological polar surface area (TPSA) is 55.8 Å². The molecule has 0 aromatic heterocycles. The van der Waals surface area contributed by atoms with Crippen molar-refractivity contribution in [1.82, 2.24) is 0 Å². The van der Waals surface area contributed by atoms with Gasteiger partial charge in [-0.15, -0.1) is 0 Å². The van der Waals surface area contributed by atoms with Gasteiger partial charge in [0.2, 0.25) is 0 Å². The molecule has 0 radical (unpaired) electrons. The van der Waals surface area contributed by atoms with Crippen LogP contribution in [0.25, 0.3) is 0 Å². The first kappa shape index (κ1) is 13.1. The molecule has 0 fully saturated rings. The average Bonchev–Trinajstić information content (AvgIpc) is 1.99. The third kappa shape index (κ3) is 4.99. The van der Waals surface area contributed by atoms with Crippen molar-refractivity contribution in [2.75, 3.05) is 0 Å². The first-order chi connectivity index (χ1) is 6.34. The Morgan fingerprint density at radius 1 is 1.14 bits per heavy atom. The molecule has 0 spiro atoms. The van der Waals surface area contributed by atoms with E-state index in [0.29, 0.717) is 0 Å². The molecule has 0 aliphatic heterocycles. The maximum Gasteiger partial charge on any atom is 0.336 e. The number of hydrogen-bond acceptors (Lipinski definition) is 3. The van der Waals surface area contributed by atoms with Crippen LogP contribution < -0.4 is 0 Å². The Bertz CT molecular complexity index is 198. The van der Waals surface area contributed by atoms with Gasteiger partial charge in [-0.05, 0) is 27.7 Å². The molecule has 0 atom stereocenters.